The van der Waals surface area contributed by atoms with Crippen LogP contribution in [0, 0.1) is 0 Å². The molecule has 0 aromatic heterocycles. The van der Waals surface area contributed by atoms with Crippen LogP contribution in [0.25, 0.3) is 11.1 Å². The van der Waals surface area contributed by atoms with Gasteiger partial charge in [-0.3, -0.25) is 4.90 Å². The summed E-state index contributed by atoms with van der Waals surface area (Å²) >= 11 is 0. The third-order valence-corrected chi connectivity index (χ3v) is 9.13. The van der Waals surface area contributed by atoms with Crippen LogP contribution in [0.3, 0.4) is 0 Å². The van der Waals surface area contributed by atoms with Gasteiger partial charge in [-0.05, 0) is 77.4 Å². The Kier molecular flexibility index (Phi) is 14.2. The van der Waals surface area contributed by atoms with Gasteiger partial charge in [0, 0.05) is 44.5 Å². The minimum absolute atomic E-state index is 0.0427. The van der Waals surface area contributed by atoms with Crippen molar-refractivity contribution in [1.82, 2.24) is 15.1 Å². The summed E-state index contributed by atoms with van der Waals surface area (Å²) in [6, 6.07) is 48.5. The second-order valence-electron chi connectivity index (χ2n) is 13.0. The molecule has 7 nitrogen and oxygen atoms in total. The molecule has 1 aliphatic heterocycles. The predicted octanol–water partition coefficient (Wildman–Crippen LogP) is 9.02. The maximum atomic E-state index is 13.9. The van der Waals surface area contributed by atoms with E-state index in [0.29, 0.717) is 6.54 Å². The number of rotatable bonds is 12. The van der Waals surface area contributed by atoms with Crippen molar-refractivity contribution in [3.05, 3.63) is 162 Å². The molecule has 276 valence electrons. The molecule has 3 N–H and O–H groups in total. The van der Waals surface area contributed by atoms with Gasteiger partial charge in [0.25, 0.3) is 0 Å². The summed E-state index contributed by atoms with van der Waals surface area (Å²) in [6.07, 6.45) is -2.18. The minimum Gasteiger partial charge on any atom is -0.475 e. The molecular weight excluding hydrogens is 677 g/mol. The van der Waals surface area contributed by atoms with Crippen LogP contribution >= 0.6 is 0 Å². The third-order valence-electron chi connectivity index (χ3n) is 9.13. The standard InChI is InChI=1S/C41H44N4O.C2HF3O2/c46-41(43-38-20-8-3-9-21-38)45(39-24-27-44(28-25-39)31-34-15-6-2-7-16-34)32-37-18-10-11-22-40(37)36-19-12-17-35(29-36)30-42-26-23-33-13-4-1-5-14-33;3-2(4,5)1(6)7/h1-22,29,39,42H,23-28,30-32H2,(H,43,46);(H,6,7). The van der Waals surface area contributed by atoms with Gasteiger partial charge in [-0.25, -0.2) is 9.59 Å². The number of nitrogens with one attached hydrogen (secondary N) is 2. The molecule has 0 unspecified atom stereocenters. The molecule has 53 heavy (non-hydrogen) atoms. The smallest absolute Gasteiger partial charge is 0.475 e. The minimum atomic E-state index is -5.08. The van der Waals surface area contributed by atoms with Gasteiger partial charge in [-0.15, -0.1) is 0 Å². The number of benzene rings is 5. The summed E-state index contributed by atoms with van der Waals surface area (Å²) in [6.45, 7) is 5.18. The zero-order valence-corrected chi connectivity index (χ0v) is 29.5. The van der Waals surface area contributed by atoms with Gasteiger partial charge in [-0.1, -0.05) is 121 Å². The highest BCUT2D eigenvalue weighted by atomic mass is 19.4. The highest BCUT2D eigenvalue weighted by molar-refractivity contribution is 5.89. The molecule has 5 aromatic carbocycles. The number of piperidine rings is 1. The molecule has 0 radical (unpaired) electrons. The highest BCUT2D eigenvalue weighted by Crippen LogP contribution is 2.29. The maximum absolute atomic E-state index is 13.9. The van der Waals surface area contributed by atoms with Crippen molar-refractivity contribution >= 4 is 17.7 Å². The predicted molar refractivity (Wildman–Crippen MR) is 203 cm³/mol. The first kappa shape index (κ1) is 38.8. The van der Waals surface area contributed by atoms with Gasteiger partial charge < -0.3 is 20.6 Å². The number of likely N-dealkylation sites (tertiary alicyclic amines) is 1. The van der Waals surface area contributed by atoms with Crippen molar-refractivity contribution in [2.24, 2.45) is 0 Å². The molecule has 1 fully saturated rings. The Labute approximate surface area is 309 Å². The number of hydrogen-bond acceptors (Lipinski definition) is 4. The summed E-state index contributed by atoms with van der Waals surface area (Å²) in [5.74, 6) is -2.76. The van der Waals surface area contributed by atoms with E-state index in [9.17, 15) is 18.0 Å². The van der Waals surface area contributed by atoms with Crippen LogP contribution < -0.4 is 10.6 Å². The molecule has 0 aliphatic carbocycles. The Morgan fingerprint density at radius 1 is 0.736 bits per heavy atom. The summed E-state index contributed by atoms with van der Waals surface area (Å²) in [7, 11) is 0. The Bertz CT molecular complexity index is 1870. The first-order chi connectivity index (χ1) is 25.7. The lowest BCUT2D eigenvalue weighted by molar-refractivity contribution is -0.192. The molecule has 2 amide bonds. The van der Waals surface area contributed by atoms with Gasteiger partial charge in [0.2, 0.25) is 0 Å². The number of carbonyl (C=O) groups excluding carboxylic acids is 1. The Morgan fingerprint density at radius 2 is 1.30 bits per heavy atom. The van der Waals surface area contributed by atoms with Gasteiger partial charge in [0.05, 0.1) is 0 Å². The van der Waals surface area contributed by atoms with E-state index in [-0.39, 0.29) is 12.1 Å². The zero-order valence-electron chi connectivity index (χ0n) is 29.5. The fourth-order valence-corrected chi connectivity index (χ4v) is 6.40. The fraction of sp³-hybridized carbons (Fsp3) is 0.256. The molecule has 0 atom stereocenters. The SMILES string of the molecule is O=C(Nc1ccccc1)N(Cc1ccccc1-c1cccc(CNCCc2ccccc2)c1)C1CCN(Cc2ccccc2)CC1.O=C(O)C(F)(F)F. The van der Waals surface area contributed by atoms with Crippen molar-refractivity contribution in [3.8, 4) is 11.1 Å². The van der Waals surface area contributed by atoms with Crippen molar-refractivity contribution in [2.45, 2.75) is 51.1 Å². The lowest BCUT2D eigenvalue weighted by Gasteiger charge is -2.39. The molecular formula is C43H45F3N4O3. The van der Waals surface area contributed by atoms with E-state index >= 15 is 0 Å². The van der Waals surface area contributed by atoms with Crippen LogP contribution in [-0.2, 0) is 30.8 Å². The first-order valence-electron chi connectivity index (χ1n) is 17.8. The van der Waals surface area contributed by atoms with E-state index < -0.39 is 12.1 Å². The van der Waals surface area contributed by atoms with Crippen LogP contribution in [0.5, 0.6) is 0 Å². The number of amides is 2. The number of urea groups is 1. The zero-order chi connectivity index (χ0) is 37.5. The number of halogens is 3. The van der Waals surface area contributed by atoms with Crippen molar-refractivity contribution in [1.29, 1.82) is 0 Å². The number of aliphatic carboxylic acids is 1. The summed E-state index contributed by atoms with van der Waals surface area (Å²) < 4.78 is 31.7. The number of hydrogen-bond donors (Lipinski definition) is 3. The van der Waals surface area contributed by atoms with Crippen molar-refractivity contribution in [2.75, 3.05) is 25.0 Å². The van der Waals surface area contributed by atoms with E-state index in [4.69, 9.17) is 9.90 Å². The van der Waals surface area contributed by atoms with Gasteiger partial charge in [0.1, 0.15) is 0 Å². The van der Waals surface area contributed by atoms with E-state index in [2.05, 4.69) is 130 Å². The Morgan fingerprint density at radius 3 is 1.94 bits per heavy atom. The molecule has 0 spiro atoms. The summed E-state index contributed by atoms with van der Waals surface area (Å²) in [4.78, 5) is 27.4. The normalized spacial score (nSPS) is 13.4. The van der Waals surface area contributed by atoms with E-state index in [0.717, 1.165) is 63.2 Å². The first-order valence-corrected chi connectivity index (χ1v) is 17.8. The number of carbonyl (C=O) groups is 2. The van der Waals surface area contributed by atoms with Crippen LogP contribution in [0.15, 0.2) is 140 Å². The summed E-state index contributed by atoms with van der Waals surface area (Å²) in [5, 5.41) is 13.9. The average molecular weight is 723 g/mol. The molecule has 1 saturated heterocycles. The molecule has 0 bridgehead atoms. The summed E-state index contributed by atoms with van der Waals surface area (Å²) in [5.41, 5.74) is 8.27. The molecule has 6 rings (SSSR count). The topological polar surface area (TPSA) is 84.9 Å². The lowest BCUT2D eigenvalue weighted by atomic mass is 9.96. The number of carboxylic acids is 1. The maximum Gasteiger partial charge on any atom is 0.490 e. The Hall–Kier alpha value is -5.45. The number of carboxylic acid groups (broad SMARTS) is 1. The van der Waals surface area contributed by atoms with Crippen molar-refractivity contribution in [3.63, 3.8) is 0 Å². The van der Waals surface area contributed by atoms with Crippen LogP contribution in [0.2, 0.25) is 0 Å². The van der Waals surface area contributed by atoms with Crippen LogP contribution in [0.4, 0.5) is 23.7 Å². The average Bonchev–Trinajstić information content (AvgIpc) is 3.17. The number of nitrogens with zero attached hydrogens (tertiary/aromatic N) is 2. The third kappa shape index (κ3) is 12.3. The molecule has 10 heteroatoms. The number of alkyl halides is 3. The van der Waals surface area contributed by atoms with E-state index in [1.54, 1.807) is 0 Å². The molecule has 0 saturated carbocycles. The fourth-order valence-electron chi connectivity index (χ4n) is 6.40. The van der Waals surface area contributed by atoms with E-state index in [1.807, 2.05) is 30.3 Å². The quantitative estimate of drug-likeness (QED) is 0.112. The van der Waals surface area contributed by atoms with Crippen LogP contribution in [0.1, 0.15) is 35.1 Å². The molecule has 5 aromatic rings. The lowest BCUT2D eigenvalue weighted by Crippen LogP contribution is -2.48. The van der Waals surface area contributed by atoms with E-state index in [1.165, 1.54) is 27.8 Å². The van der Waals surface area contributed by atoms with Gasteiger partial charge in [-0.2, -0.15) is 13.2 Å². The Balaban J connectivity index is 0.000000705. The second-order valence-corrected chi connectivity index (χ2v) is 13.0. The monoisotopic (exact) mass is 722 g/mol. The molecule has 1 heterocycles. The molecule has 1 aliphatic rings. The highest BCUT2D eigenvalue weighted by Gasteiger charge is 2.38. The van der Waals surface area contributed by atoms with Gasteiger partial charge >= 0.3 is 18.2 Å². The largest absolute Gasteiger partial charge is 0.490 e. The number of anilines is 1. The van der Waals surface area contributed by atoms with Gasteiger partial charge in [0.15, 0.2) is 0 Å². The second kappa shape index (κ2) is 19.4. The number of para-hydroxylation sites is 1. The van der Waals surface area contributed by atoms with Crippen molar-refractivity contribution < 1.29 is 27.9 Å². The van der Waals surface area contributed by atoms with Crippen LogP contribution in [-0.4, -0.2) is 58.8 Å².